The number of rotatable bonds is 6. The van der Waals surface area contributed by atoms with Gasteiger partial charge in [-0.2, -0.15) is 0 Å². The fraction of sp³-hybridized carbons (Fsp3) is 0.667. The minimum atomic E-state index is 0.0813. The highest BCUT2D eigenvalue weighted by Crippen LogP contribution is 2.24. The van der Waals surface area contributed by atoms with Gasteiger partial charge in [0.1, 0.15) is 18.0 Å². The lowest BCUT2D eigenvalue weighted by Gasteiger charge is -2.17. The molecule has 0 amide bonds. The maximum atomic E-state index is 8.71. The van der Waals surface area contributed by atoms with Crippen LogP contribution in [-0.4, -0.2) is 35.3 Å². The molecule has 1 rings (SSSR count). The van der Waals surface area contributed by atoms with E-state index in [0.717, 1.165) is 11.4 Å². The van der Waals surface area contributed by atoms with Crippen molar-refractivity contribution in [2.45, 2.75) is 33.2 Å². The molecule has 0 aliphatic rings. The van der Waals surface area contributed by atoms with Crippen LogP contribution in [-0.2, 0) is 0 Å². The predicted octanol–water partition coefficient (Wildman–Crippen LogP) is 1.16. The summed E-state index contributed by atoms with van der Waals surface area (Å²) >= 11 is 0. The first kappa shape index (κ1) is 16.6. The Bertz CT molecular complexity index is 332. The largest absolute Gasteiger partial charge is 0.396 e. The van der Waals surface area contributed by atoms with Crippen LogP contribution in [0.5, 0.6) is 0 Å². The normalized spacial score (nSPS) is 11.4. The number of nitrogen functional groups attached to an aromatic ring is 1. The van der Waals surface area contributed by atoms with Gasteiger partial charge in [-0.1, -0.05) is 13.8 Å². The van der Waals surface area contributed by atoms with Gasteiger partial charge in [0, 0.05) is 19.2 Å². The molecule has 0 aliphatic heterocycles. The molecule has 1 heterocycles. The zero-order valence-corrected chi connectivity index (χ0v) is 11.7. The van der Waals surface area contributed by atoms with E-state index in [-0.39, 0.29) is 12.6 Å². The standard InChI is InChI=1S/C10H19N5O.C2H6/c1-7(12-2)8-9(11)14-6-15-10(8)13-4-3-5-16;1-2/h6-7,12,16H,3-5H2,1-2H3,(H3,11,13,14,15);1-2H3. The number of anilines is 2. The van der Waals surface area contributed by atoms with Gasteiger partial charge in [-0.05, 0) is 20.4 Å². The zero-order chi connectivity index (χ0) is 14.0. The number of nitrogens with two attached hydrogens (primary N) is 1. The summed E-state index contributed by atoms with van der Waals surface area (Å²) in [7, 11) is 1.86. The van der Waals surface area contributed by atoms with E-state index < -0.39 is 0 Å². The molecule has 1 aromatic rings. The molecule has 104 valence electrons. The third kappa shape index (κ3) is 4.85. The van der Waals surface area contributed by atoms with Crippen LogP contribution in [0.3, 0.4) is 0 Å². The van der Waals surface area contributed by atoms with Crippen LogP contribution in [0.1, 0.15) is 38.8 Å². The van der Waals surface area contributed by atoms with E-state index >= 15 is 0 Å². The van der Waals surface area contributed by atoms with Crippen molar-refractivity contribution in [3.05, 3.63) is 11.9 Å². The average Bonchev–Trinajstić information content (AvgIpc) is 2.41. The zero-order valence-electron chi connectivity index (χ0n) is 11.7. The highest BCUT2D eigenvalue weighted by Gasteiger charge is 2.14. The number of nitrogens with one attached hydrogen (secondary N) is 2. The smallest absolute Gasteiger partial charge is 0.136 e. The summed E-state index contributed by atoms with van der Waals surface area (Å²) in [6, 6.07) is 0.0813. The van der Waals surface area contributed by atoms with Gasteiger partial charge in [-0.15, -0.1) is 0 Å². The van der Waals surface area contributed by atoms with E-state index in [1.807, 2.05) is 27.8 Å². The van der Waals surface area contributed by atoms with Gasteiger partial charge in [-0.25, -0.2) is 9.97 Å². The summed E-state index contributed by atoms with van der Waals surface area (Å²) in [5.74, 6) is 1.20. The van der Waals surface area contributed by atoms with E-state index in [0.29, 0.717) is 18.8 Å². The minimum Gasteiger partial charge on any atom is -0.396 e. The quantitative estimate of drug-likeness (QED) is 0.570. The Kier molecular flexibility index (Phi) is 8.86. The van der Waals surface area contributed by atoms with Gasteiger partial charge in [-0.3, -0.25) is 0 Å². The molecule has 5 N–H and O–H groups in total. The van der Waals surface area contributed by atoms with E-state index in [4.69, 9.17) is 10.8 Å². The SMILES string of the molecule is CC.CNC(C)c1c(N)ncnc1NCCCO. The van der Waals surface area contributed by atoms with Crippen molar-refractivity contribution in [1.29, 1.82) is 0 Å². The first-order valence-corrected chi connectivity index (χ1v) is 6.33. The Morgan fingerprint density at radius 3 is 2.61 bits per heavy atom. The van der Waals surface area contributed by atoms with E-state index in [1.54, 1.807) is 0 Å². The molecule has 0 saturated heterocycles. The summed E-state index contributed by atoms with van der Waals surface area (Å²) in [5.41, 5.74) is 6.69. The first-order valence-electron chi connectivity index (χ1n) is 6.33. The molecule has 0 fully saturated rings. The fourth-order valence-electron chi connectivity index (χ4n) is 1.41. The molecule has 0 aliphatic carbocycles. The second kappa shape index (κ2) is 9.61. The van der Waals surface area contributed by atoms with Gasteiger partial charge >= 0.3 is 0 Å². The Morgan fingerprint density at radius 2 is 2.06 bits per heavy atom. The van der Waals surface area contributed by atoms with E-state index in [9.17, 15) is 0 Å². The third-order valence-corrected chi connectivity index (χ3v) is 2.41. The van der Waals surface area contributed by atoms with Crippen molar-refractivity contribution in [2.24, 2.45) is 0 Å². The molecule has 18 heavy (non-hydrogen) atoms. The fourth-order valence-corrected chi connectivity index (χ4v) is 1.41. The van der Waals surface area contributed by atoms with Crippen molar-refractivity contribution in [2.75, 3.05) is 31.2 Å². The molecule has 6 heteroatoms. The lowest BCUT2D eigenvalue weighted by molar-refractivity contribution is 0.292. The van der Waals surface area contributed by atoms with Crippen LogP contribution in [0, 0.1) is 0 Å². The molecule has 1 atom stereocenters. The molecular weight excluding hydrogens is 230 g/mol. The second-order valence-corrected chi connectivity index (χ2v) is 3.54. The van der Waals surface area contributed by atoms with Gasteiger partial charge in [0.25, 0.3) is 0 Å². The van der Waals surface area contributed by atoms with Gasteiger partial charge in [0.15, 0.2) is 0 Å². The maximum Gasteiger partial charge on any atom is 0.136 e. The molecule has 1 unspecified atom stereocenters. The molecule has 0 aromatic carbocycles. The van der Waals surface area contributed by atoms with E-state index in [1.165, 1.54) is 6.33 Å². The Balaban J connectivity index is 0.00000137. The Labute approximate surface area is 109 Å². The van der Waals surface area contributed by atoms with Crippen molar-refractivity contribution in [3.63, 3.8) is 0 Å². The second-order valence-electron chi connectivity index (χ2n) is 3.54. The average molecular weight is 255 g/mol. The topological polar surface area (TPSA) is 96.1 Å². The Hall–Kier alpha value is -1.40. The van der Waals surface area contributed by atoms with Crippen molar-refractivity contribution in [1.82, 2.24) is 15.3 Å². The highest BCUT2D eigenvalue weighted by molar-refractivity contribution is 5.56. The molecule has 0 radical (unpaired) electrons. The van der Waals surface area contributed by atoms with Crippen molar-refractivity contribution in [3.8, 4) is 0 Å². The monoisotopic (exact) mass is 255 g/mol. The summed E-state index contributed by atoms with van der Waals surface area (Å²) in [5, 5.41) is 15.0. The summed E-state index contributed by atoms with van der Waals surface area (Å²) in [6.07, 6.45) is 2.11. The lowest BCUT2D eigenvalue weighted by atomic mass is 10.1. The van der Waals surface area contributed by atoms with Crippen LogP contribution < -0.4 is 16.4 Å². The third-order valence-electron chi connectivity index (χ3n) is 2.41. The van der Waals surface area contributed by atoms with Gasteiger partial charge in [0.2, 0.25) is 0 Å². The van der Waals surface area contributed by atoms with Crippen LogP contribution in [0.15, 0.2) is 6.33 Å². The van der Waals surface area contributed by atoms with Crippen LogP contribution in [0.4, 0.5) is 11.6 Å². The van der Waals surface area contributed by atoms with Crippen LogP contribution >= 0.6 is 0 Å². The summed E-state index contributed by atoms with van der Waals surface area (Å²) in [4.78, 5) is 8.13. The number of aromatic nitrogens is 2. The number of nitrogens with zero attached hydrogens (tertiary/aromatic N) is 2. The Morgan fingerprint density at radius 1 is 1.39 bits per heavy atom. The van der Waals surface area contributed by atoms with Crippen molar-refractivity contribution >= 4 is 11.6 Å². The number of hydrogen-bond acceptors (Lipinski definition) is 6. The summed E-state index contributed by atoms with van der Waals surface area (Å²) < 4.78 is 0. The first-order chi connectivity index (χ1) is 8.70. The lowest BCUT2D eigenvalue weighted by Crippen LogP contribution is -2.19. The van der Waals surface area contributed by atoms with Gasteiger partial charge in [0.05, 0.1) is 5.56 Å². The highest BCUT2D eigenvalue weighted by atomic mass is 16.3. The van der Waals surface area contributed by atoms with Crippen molar-refractivity contribution < 1.29 is 5.11 Å². The van der Waals surface area contributed by atoms with Crippen LogP contribution in [0.2, 0.25) is 0 Å². The number of hydrogen-bond donors (Lipinski definition) is 4. The molecular formula is C12H25N5O. The number of aliphatic hydroxyl groups is 1. The minimum absolute atomic E-state index is 0.0813. The molecule has 0 spiro atoms. The molecule has 1 aromatic heterocycles. The number of aliphatic hydroxyl groups excluding tert-OH is 1. The summed E-state index contributed by atoms with van der Waals surface area (Å²) in [6.45, 7) is 6.81. The molecule has 0 bridgehead atoms. The molecule has 6 nitrogen and oxygen atoms in total. The molecule has 0 saturated carbocycles. The maximum absolute atomic E-state index is 8.71. The van der Waals surface area contributed by atoms with E-state index in [2.05, 4.69) is 20.6 Å². The predicted molar refractivity (Wildman–Crippen MR) is 75.5 cm³/mol. The van der Waals surface area contributed by atoms with Gasteiger partial charge < -0.3 is 21.5 Å². The van der Waals surface area contributed by atoms with Crippen LogP contribution in [0.25, 0.3) is 0 Å².